The molecule has 2 heterocycles. The van der Waals surface area contributed by atoms with Gasteiger partial charge in [-0.25, -0.2) is 4.98 Å². The summed E-state index contributed by atoms with van der Waals surface area (Å²) in [4.78, 5) is 32.7. The number of aromatic nitrogens is 2. The molecule has 2 amide bonds. The highest BCUT2D eigenvalue weighted by Gasteiger charge is 2.33. The van der Waals surface area contributed by atoms with Crippen molar-refractivity contribution in [3.05, 3.63) is 83.3 Å². The van der Waals surface area contributed by atoms with Crippen molar-refractivity contribution in [1.29, 1.82) is 0 Å². The fourth-order valence-corrected chi connectivity index (χ4v) is 2.94. The van der Waals surface area contributed by atoms with E-state index in [1.807, 2.05) is 0 Å². The van der Waals surface area contributed by atoms with Crippen molar-refractivity contribution < 1.29 is 22.8 Å². The van der Waals surface area contributed by atoms with Gasteiger partial charge in [-0.1, -0.05) is 12.1 Å². The van der Waals surface area contributed by atoms with Crippen molar-refractivity contribution in [1.82, 2.24) is 15.3 Å². The molecular formula is C22H20F3N5O2. The fourth-order valence-electron chi connectivity index (χ4n) is 2.94. The summed E-state index contributed by atoms with van der Waals surface area (Å²) in [7, 11) is 0. The molecule has 0 radical (unpaired) electrons. The number of nitrogens with one attached hydrogen (secondary N) is 3. The number of alkyl halides is 3. The Balaban J connectivity index is 1.64. The fraction of sp³-hybridized carbons (Fsp3) is 0.182. The maximum atomic E-state index is 13.0. The summed E-state index contributed by atoms with van der Waals surface area (Å²) < 4.78 is 39.1. The maximum absolute atomic E-state index is 13.0. The van der Waals surface area contributed by atoms with Crippen molar-refractivity contribution in [2.45, 2.75) is 13.1 Å². The zero-order chi connectivity index (χ0) is 23.1. The van der Waals surface area contributed by atoms with Gasteiger partial charge in [0.2, 0.25) is 0 Å². The Hall–Kier alpha value is -3.95. The van der Waals surface area contributed by atoms with Crippen LogP contribution in [-0.4, -0.2) is 34.9 Å². The Morgan fingerprint density at radius 1 is 0.938 bits per heavy atom. The van der Waals surface area contributed by atoms with Gasteiger partial charge in [-0.05, 0) is 42.8 Å². The second-order valence-electron chi connectivity index (χ2n) is 6.77. The number of rotatable bonds is 7. The molecule has 32 heavy (non-hydrogen) atoms. The molecule has 0 aliphatic carbocycles. The lowest BCUT2D eigenvalue weighted by atomic mass is 10.1. The number of halogens is 3. The number of hydrogen-bond donors (Lipinski definition) is 3. The van der Waals surface area contributed by atoms with Crippen LogP contribution in [0.25, 0.3) is 0 Å². The zero-order valence-electron chi connectivity index (χ0n) is 17.0. The van der Waals surface area contributed by atoms with Gasteiger partial charge in [0.1, 0.15) is 5.82 Å². The van der Waals surface area contributed by atoms with E-state index in [9.17, 15) is 22.8 Å². The molecule has 0 atom stereocenters. The molecule has 1 aromatic carbocycles. The number of benzene rings is 1. The number of anilines is 2. The van der Waals surface area contributed by atoms with E-state index >= 15 is 0 Å². The quantitative estimate of drug-likeness (QED) is 0.482. The minimum Gasteiger partial charge on any atom is -0.368 e. The number of carbonyl (C=O) groups excluding carboxylic acids is 2. The highest BCUT2D eigenvalue weighted by Crippen LogP contribution is 2.33. The van der Waals surface area contributed by atoms with Crippen molar-refractivity contribution in [3.8, 4) is 0 Å². The standard InChI is InChI=1S/C22H20F3N5O2/c1-14-4-2-5-16(18(14)30-20(31)15-7-10-26-11-8-15)21(32)29-13-12-28-19-17(22(23,24)25)6-3-9-27-19/h2-11H,12-13H2,1H3,(H,27,28)(H,29,32)(H,30,31). The van der Waals surface area contributed by atoms with Crippen LogP contribution in [0.2, 0.25) is 0 Å². The molecule has 10 heteroatoms. The number of pyridine rings is 2. The number of nitrogens with zero attached hydrogens (tertiary/aromatic N) is 2. The van der Waals surface area contributed by atoms with Crippen molar-refractivity contribution in [2.75, 3.05) is 23.7 Å². The molecule has 7 nitrogen and oxygen atoms in total. The zero-order valence-corrected chi connectivity index (χ0v) is 17.0. The Kier molecular flexibility index (Phi) is 7.04. The molecule has 166 valence electrons. The number of aryl methyl sites for hydroxylation is 1. The molecule has 0 saturated heterocycles. The van der Waals surface area contributed by atoms with Crippen LogP contribution in [0.4, 0.5) is 24.7 Å². The lowest BCUT2D eigenvalue weighted by Crippen LogP contribution is -2.30. The van der Waals surface area contributed by atoms with Gasteiger partial charge in [-0.2, -0.15) is 13.2 Å². The molecule has 0 spiro atoms. The average molecular weight is 443 g/mol. The van der Waals surface area contributed by atoms with E-state index in [0.29, 0.717) is 16.8 Å². The molecule has 3 rings (SSSR count). The summed E-state index contributed by atoms with van der Waals surface area (Å²) in [6.45, 7) is 1.81. The molecule has 0 saturated carbocycles. The third kappa shape index (κ3) is 5.60. The largest absolute Gasteiger partial charge is 0.419 e. The molecule has 0 bridgehead atoms. The van der Waals surface area contributed by atoms with Crippen LogP contribution in [0.5, 0.6) is 0 Å². The molecule has 3 N–H and O–H groups in total. The lowest BCUT2D eigenvalue weighted by Gasteiger charge is -2.15. The summed E-state index contributed by atoms with van der Waals surface area (Å²) in [6, 6.07) is 10.2. The van der Waals surface area contributed by atoms with Crippen LogP contribution in [-0.2, 0) is 6.18 Å². The third-order valence-corrected chi connectivity index (χ3v) is 4.51. The SMILES string of the molecule is Cc1cccc(C(=O)NCCNc2ncccc2C(F)(F)F)c1NC(=O)c1ccncc1. The van der Waals surface area contributed by atoms with Gasteiger partial charge >= 0.3 is 6.18 Å². The second kappa shape index (κ2) is 9.90. The Labute approximate surface area is 182 Å². The highest BCUT2D eigenvalue weighted by atomic mass is 19.4. The molecule has 0 aliphatic heterocycles. The lowest BCUT2D eigenvalue weighted by molar-refractivity contribution is -0.137. The van der Waals surface area contributed by atoms with E-state index in [4.69, 9.17) is 0 Å². The molecule has 0 unspecified atom stereocenters. The van der Waals surface area contributed by atoms with Gasteiger partial charge in [-0.3, -0.25) is 14.6 Å². The van der Waals surface area contributed by atoms with E-state index < -0.39 is 23.6 Å². The summed E-state index contributed by atoms with van der Waals surface area (Å²) in [5, 5.41) is 7.96. The van der Waals surface area contributed by atoms with Crippen molar-refractivity contribution in [3.63, 3.8) is 0 Å². The first-order valence-corrected chi connectivity index (χ1v) is 9.62. The topological polar surface area (TPSA) is 96.0 Å². The average Bonchev–Trinajstić information content (AvgIpc) is 2.78. The number of para-hydroxylation sites is 1. The minimum atomic E-state index is -4.54. The third-order valence-electron chi connectivity index (χ3n) is 4.51. The van der Waals surface area contributed by atoms with Crippen LogP contribution >= 0.6 is 0 Å². The summed E-state index contributed by atoms with van der Waals surface area (Å²) >= 11 is 0. The van der Waals surface area contributed by atoms with Crippen LogP contribution < -0.4 is 16.0 Å². The number of hydrogen-bond acceptors (Lipinski definition) is 5. The highest BCUT2D eigenvalue weighted by molar-refractivity contribution is 6.09. The van der Waals surface area contributed by atoms with Crippen LogP contribution in [0.15, 0.2) is 61.1 Å². The van der Waals surface area contributed by atoms with E-state index in [1.54, 1.807) is 37.3 Å². The Bertz CT molecular complexity index is 1100. The summed E-state index contributed by atoms with van der Waals surface area (Å²) in [5.74, 6) is -1.18. The van der Waals surface area contributed by atoms with Gasteiger partial charge in [0.15, 0.2) is 0 Å². The van der Waals surface area contributed by atoms with Gasteiger partial charge < -0.3 is 16.0 Å². The van der Waals surface area contributed by atoms with Crippen molar-refractivity contribution in [2.24, 2.45) is 0 Å². The van der Waals surface area contributed by atoms with Crippen LogP contribution in [0, 0.1) is 6.92 Å². The second-order valence-corrected chi connectivity index (χ2v) is 6.77. The van der Waals surface area contributed by atoms with Crippen molar-refractivity contribution >= 4 is 23.3 Å². The van der Waals surface area contributed by atoms with Gasteiger partial charge in [0, 0.05) is 37.2 Å². The normalized spacial score (nSPS) is 11.0. The molecule has 3 aromatic rings. The minimum absolute atomic E-state index is 0.0242. The first-order valence-electron chi connectivity index (χ1n) is 9.62. The molecule has 0 aliphatic rings. The number of carbonyl (C=O) groups is 2. The summed E-state index contributed by atoms with van der Waals surface area (Å²) in [5.41, 5.74) is 0.771. The van der Waals surface area contributed by atoms with Crippen LogP contribution in [0.1, 0.15) is 31.8 Å². The van der Waals surface area contributed by atoms with E-state index in [0.717, 1.165) is 6.07 Å². The number of amides is 2. The van der Waals surface area contributed by atoms with E-state index in [1.165, 1.54) is 24.7 Å². The summed E-state index contributed by atoms with van der Waals surface area (Å²) in [6.07, 6.45) is -0.317. The Morgan fingerprint density at radius 2 is 1.69 bits per heavy atom. The Morgan fingerprint density at radius 3 is 2.41 bits per heavy atom. The molecule has 0 fully saturated rings. The predicted molar refractivity (Wildman–Crippen MR) is 113 cm³/mol. The smallest absolute Gasteiger partial charge is 0.368 e. The van der Waals surface area contributed by atoms with Gasteiger partial charge in [0.05, 0.1) is 16.8 Å². The first kappa shape index (κ1) is 22.7. The van der Waals surface area contributed by atoms with Gasteiger partial charge in [0.25, 0.3) is 11.8 Å². The monoisotopic (exact) mass is 443 g/mol. The maximum Gasteiger partial charge on any atom is 0.419 e. The van der Waals surface area contributed by atoms with E-state index in [2.05, 4.69) is 25.9 Å². The van der Waals surface area contributed by atoms with E-state index in [-0.39, 0.29) is 24.5 Å². The first-order chi connectivity index (χ1) is 15.3. The molecule has 2 aromatic heterocycles. The predicted octanol–water partition coefficient (Wildman–Crippen LogP) is 3.90. The van der Waals surface area contributed by atoms with Crippen LogP contribution in [0.3, 0.4) is 0 Å². The molecular weight excluding hydrogens is 423 g/mol. The van der Waals surface area contributed by atoms with Gasteiger partial charge in [-0.15, -0.1) is 0 Å².